The Morgan fingerprint density at radius 3 is 2.75 bits per heavy atom. The molecule has 4 atom stereocenters. The number of esters is 1. The minimum Gasteiger partial charge on any atom is -0.465 e. The quantitative estimate of drug-likeness (QED) is 0.464. The van der Waals surface area contributed by atoms with E-state index in [1.165, 1.54) is 19.2 Å². The Morgan fingerprint density at radius 2 is 2.08 bits per heavy atom. The summed E-state index contributed by atoms with van der Waals surface area (Å²) in [5, 5.41) is 0.196. The van der Waals surface area contributed by atoms with Crippen LogP contribution in [0.4, 0.5) is 5.69 Å². The molecule has 0 radical (unpaired) electrons. The van der Waals surface area contributed by atoms with E-state index in [1.54, 1.807) is 6.07 Å². The molecule has 1 aromatic rings. The van der Waals surface area contributed by atoms with E-state index in [1.807, 2.05) is 19.1 Å². The number of amides is 2. The van der Waals surface area contributed by atoms with Gasteiger partial charge in [-0.25, -0.2) is 9.69 Å². The van der Waals surface area contributed by atoms with Crippen LogP contribution in [0.1, 0.15) is 17.3 Å². The molecule has 4 rings (SSSR count). The zero-order valence-corrected chi connectivity index (χ0v) is 13.7. The number of carbonyl (C=O) groups is 3. The number of halogens is 1. The van der Waals surface area contributed by atoms with Gasteiger partial charge >= 0.3 is 5.97 Å². The molecule has 0 aliphatic carbocycles. The molecule has 2 bridgehead atoms. The van der Waals surface area contributed by atoms with Gasteiger partial charge in [0.25, 0.3) is 0 Å². The number of imide groups is 1. The Balaban J connectivity index is 1.76. The van der Waals surface area contributed by atoms with Gasteiger partial charge in [-0.3, -0.25) is 9.59 Å². The maximum absolute atomic E-state index is 12.9. The molecule has 0 N–H and O–H groups in total. The number of hydrogen-bond donors (Lipinski definition) is 0. The summed E-state index contributed by atoms with van der Waals surface area (Å²) >= 11 is 6.00. The normalized spacial score (nSPS) is 33.3. The van der Waals surface area contributed by atoms with Crippen LogP contribution in [0.5, 0.6) is 0 Å². The van der Waals surface area contributed by atoms with Gasteiger partial charge in [0.2, 0.25) is 11.8 Å². The topological polar surface area (TPSA) is 72.9 Å². The minimum absolute atomic E-state index is 0.109. The lowest BCUT2D eigenvalue weighted by Gasteiger charge is -2.24. The van der Waals surface area contributed by atoms with Gasteiger partial charge in [-0.15, -0.1) is 0 Å². The molecule has 2 amide bonds. The van der Waals surface area contributed by atoms with Crippen molar-refractivity contribution in [3.63, 3.8) is 0 Å². The monoisotopic (exact) mass is 347 g/mol. The van der Waals surface area contributed by atoms with Crippen LogP contribution in [0.2, 0.25) is 5.02 Å². The van der Waals surface area contributed by atoms with Gasteiger partial charge in [0.1, 0.15) is 0 Å². The Labute approximate surface area is 143 Å². The van der Waals surface area contributed by atoms with Crippen molar-refractivity contribution in [3.05, 3.63) is 40.9 Å². The van der Waals surface area contributed by atoms with Crippen LogP contribution in [0, 0.1) is 11.8 Å². The molecule has 3 aliphatic rings. The summed E-state index contributed by atoms with van der Waals surface area (Å²) in [6, 6.07) is 4.43. The largest absolute Gasteiger partial charge is 0.465 e. The number of ether oxygens (including phenoxy) is 2. The average molecular weight is 348 g/mol. The lowest BCUT2D eigenvalue weighted by atomic mass is 9.78. The summed E-state index contributed by atoms with van der Waals surface area (Å²) < 4.78 is 10.5. The van der Waals surface area contributed by atoms with Crippen LogP contribution < -0.4 is 4.90 Å². The fourth-order valence-corrected chi connectivity index (χ4v) is 4.02. The van der Waals surface area contributed by atoms with Gasteiger partial charge in [0.05, 0.1) is 46.9 Å². The molecule has 0 spiro atoms. The summed E-state index contributed by atoms with van der Waals surface area (Å²) in [6.45, 7) is 1.81. The van der Waals surface area contributed by atoms with Crippen LogP contribution in [0.25, 0.3) is 0 Å². The third-order valence-electron chi connectivity index (χ3n) is 4.94. The van der Waals surface area contributed by atoms with Crippen LogP contribution in [-0.4, -0.2) is 36.6 Å². The van der Waals surface area contributed by atoms with Crippen LogP contribution >= 0.6 is 11.6 Å². The van der Waals surface area contributed by atoms with E-state index in [4.69, 9.17) is 16.3 Å². The van der Waals surface area contributed by atoms with Crippen molar-refractivity contribution < 1.29 is 23.9 Å². The van der Waals surface area contributed by atoms with Crippen molar-refractivity contribution in [2.75, 3.05) is 12.0 Å². The summed E-state index contributed by atoms with van der Waals surface area (Å²) in [5.74, 6) is -2.33. The van der Waals surface area contributed by atoms with E-state index < -0.39 is 23.4 Å². The van der Waals surface area contributed by atoms with Crippen molar-refractivity contribution >= 4 is 35.1 Å². The second-order valence-corrected chi connectivity index (χ2v) is 6.70. The molecule has 0 aromatic heterocycles. The highest BCUT2D eigenvalue weighted by molar-refractivity contribution is 6.34. The Kier molecular flexibility index (Phi) is 3.14. The van der Waals surface area contributed by atoms with Crippen LogP contribution in [0.15, 0.2) is 30.4 Å². The van der Waals surface area contributed by atoms with Crippen LogP contribution in [-0.2, 0) is 19.1 Å². The molecule has 124 valence electrons. The average Bonchev–Trinajstić information content (AvgIpc) is 3.16. The second-order valence-electron chi connectivity index (χ2n) is 6.30. The highest BCUT2D eigenvalue weighted by atomic mass is 35.5. The molecule has 24 heavy (non-hydrogen) atoms. The smallest absolute Gasteiger partial charge is 0.339 e. The zero-order valence-electron chi connectivity index (χ0n) is 13.0. The van der Waals surface area contributed by atoms with Gasteiger partial charge in [0.15, 0.2) is 0 Å². The first-order valence-electron chi connectivity index (χ1n) is 7.50. The van der Waals surface area contributed by atoms with Crippen LogP contribution in [0.3, 0.4) is 0 Å². The van der Waals surface area contributed by atoms with Gasteiger partial charge in [-0.2, -0.15) is 0 Å². The van der Waals surface area contributed by atoms with E-state index in [0.29, 0.717) is 5.69 Å². The molecule has 2 fully saturated rings. The molecule has 3 heterocycles. The fourth-order valence-electron chi connectivity index (χ4n) is 3.83. The molecule has 1 aromatic carbocycles. The van der Waals surface area contributed by atoms with E-state index in [2.05, 4.69) is 4.74 Å². The SMILES string of the molecule is COC(=O)c1cc(N2C(=O)[C@@H]3[C@H]4C=C[C@@](C)(O4)[C@H]3C2=O)ccc1Cl. The number of methoxy groups -OCH3 is 1. The summed E-state index contributed by atoms with van der Waals surface area (Å²) in [7, 11) is 1.24. The molecule has 2 saturated heterocycles. The first-order valence-corrected chi connectivity index (χ1v) is 7.88. The molecule has 6 nitrogen and oxygen atoms in total. The summed E-state index contributed by atoms with van der Waals surface area (Å²) in [4.78, 5) is 38.6. The molecular formula is C17H14ClNO5. The zero-order chi connectivity index (χ0) is 17.2. The molecular weight excluding hydrogens is 334 g/mol. The lowest BCUT2D eigenvalue weighted by molar-refractivity contribution is -0.126. The van der Waals surface area contributed by atoms with Gasteiger partial charge in [0, 0.05) is 0 Å². The Morgan fingerprint density at radius 1 is 1.33 bits per heavy atom. The number of anilines is 1. The van der Waals surface area contributed by atoms with Gasteiger partial charge < -0.3 is 9.47 Å². The Bertz CT molecular complexity index is 819. The Hall–Kier alpha value is -2.18. The number of fused-ring (bicyclic) bond motifs is 5. The number of hydrogen-bond acceptors (Lipinski definition) is 5. The van der Waals surface area contributed by atoms with Crippen molar-refractivity contribution in [3.8, 4) is 0 Å². The minimum atomic E-state index is -0.756. The molecule has 0 unspecified atom stereocenters. The number of benzene rings is 1. The highest BCUT2D eigenvalue weighted by Gasteiger charge is 2.66. The molecule has 0 saturated carbocycles. The van der Waals surface area contributed by atoms with E-state index in [-0.39, 0.29) is 28.5 Å². The number of rotatable bonds is 2. The fraction of sp³-hybridized carbons (Fsp3) is 0.353. The predicted molar refractivity (Wildman–Crippen MR) is 84.7 cm³/mol. The first kappa shape index (κ1) is 15.4. The van der Waals surface area contributed by atoms with E-state index >= 15 is 0 Å². The first-order chi connectivity index (χ1) is 11.4. The predicted octanol–water partition coefficient (Wildman–Crippen LogP) is 1.96. The molecule has 7 heteroatoms. The highest BCUT2D eigenvalue weighted by Crippen LogP contribution is 2.52. The lowest BCUT2D eigenvalue weighted by Crippen LogP contribution is -2.38. The third-order valence-corrected chi connectivity index (χ3v) is 5.27. The maximum Gasteiger partial charge on any atom is 0.339 e. The van der Waals surface area contributed by atoms with Gasteiger partial charge in [-0.05, 0) is 25.1 Å². The van der Waals surface area contributed by atoms with E-state index in [0.717, 1.165) is 4.90 Å². The van der Waals surface area contributed by atoms with Crippen molar-refractivity contribution in [1.29, 1.82) is 0 Å². The summed E-state index contributed by atoms with van der Waals surface area (Å²) in [5.41, 5.74) is -0.334. The number of nitrogens with zero attached hydrogens (tertiary/aromatic N) is 1. The maximum atomic E-state index is 12.9. The summed E-state index contributed by atoms with van der Waals surface area (Å²) in [6.07, 6.45) is 3.29. The van der Waals surface area contributed by atoms with Gasteiger partial charge in [-0.1, -0.05) is 23.8 Å². The van der Waals surface area contributed by atoms with E-state index in [9.17, 15) is 14.4 Å². The van der Waals surface area contributed by atoms with Crippen molar-refractivity contribution in [2.45, 2.75) is 18.6 Å². The van der Waals surface area contributed by atoms with Crippen molar-refractivity contribution in [1.82, 2.24) is 0 Å². The second kappa shape index (κ2) is 4.91. The van der Waals surface area contributed by atoms with Crippen molar-refractivity contribution in [2.24, 2.45) is 11.8 Å². The third kappa shape index (κ3) is 1.84. The molecule has 3 aliphatic heterocycles. The standard InChI is InChI=1S/C17H14ClNO5/c1-17-6-5-11(24-17)12-13(17)15(21)19(14(12)20)8-3-4-10(18)9(7-8)16(22)23-2/h3-7,11-13H,1-2H3/t11-,12-,13-,17-/m1/s1. The number of carbonyl (C=O) groups excluding carboxylic acids is 3.